The smallest absolute Gasteiger partial charge is 0.263 e. The summed E-state index contributed by atoms with van der Waals surface area (Å²) in [7, 11) is 0. The van der Waals surface area contributed by atoms with Crippen molar-refractivity contribution in [3.63, 3.8) is 0 Å². The molecule has 0 aliphatic heterocycles. The Morgan fingerprint density at radius 3 is 2.52 bits per heavy atom. The minimum Gasteiger partial charge on any atom is -0.376 e. The molecule has 1 heterocycles. The average molecular weight is 297 g/mol. The first-order valence-corrected chi connectivity index (χ1v) is 6.50. The number of hydrogen-bond donors (Lipinski definition) is 1. The lowest BCUT2D eigenvalue weighted by molar-refractivity contribution is 0.0410. The van der Waals surface area contributed by atoms with Gasteiger partial charge in [-0.25, -0.2) is 8.78 Å². The first-order chi connectivity index (χ1) is 9.81. The largest absolute Gasteiger partial charge is 0.376 e. The van der Waals surface area contributed by atoms with Gasteiger partial charge in [0.25, 0.3) is 5.89 Å². The highest BCUT2D eigenvalue weighted by molar-refractivity contribution is 5.54. The topological polar surface area (TPSA) is 74.2 Å². The molecule has 0 saturated heterocycles. The average Bonchev–Trinajstić information content (AvgIpc) is 2.86. The van der Waals surface area contributed by atoms with Gasteiger partial charge in [0.15, 0.2) is 5.82 Å². The fourth-order valence-corrected chi connectivity index (χ4v) is 1.66. The summed E-state index contributed by atoms with van der Waals surface area (Å²) in [4.78, 5) is 3.99. The number of nitrogens with zero attached hydrogens (tertiary/aromatic N) is 2. The zero-order chi connectivity index (χ0) is 15.6. The minimum atomic E-state index is -1.02. The van der Waals surface area contributed by atoms with E-state index < -0.39 is 17.2 Å². The van der Waals surface area contributed by atoms with Crippen molar-refractivity contribution >= 4 is 0 Å². The van der Waals surface area contributed by atoms with E-state index in [-0.39, 0.29) is 30.0 Å². The van der Waals surface area contributed by atoms with Crippen LogP contribution in [0.5, 0.6) is 0 Å². The number of hydrogen-bond acceptors (Lipinski definition) is 5. The Morgan fingerprint density at radius 2 is 1.95 bits per heavy atom. The Balaban J connectivity index is 2.29. The predicted molar refractivity (Wildman–Crippen MR) is 72.3 cm³/mol. The lowest BCUT2D eigenvalue weighted by Gasteiger charge is -2.21. The third kappa shape index (κ3) is 3.43. The van der Waals surface area contributed by atoms with Gasteiger partial charge >= 0.3 is 0 Å². The van der Waals surface area contributed by atoms with Crippen LogP contribution in [0.3, 0.4) is 0 Å². The van der Waals surface area contributed by atoms with Gasteiger partial charge in [-0.1, -0.05) is 11.2 Å². The molecule has 1 unspecified atom stereocenters. The van der Waals surface area contributed by atoms with Crippen molar-refractivity contribution in [2.45, 2.75) is 32.4 Å². The molecule has 0 aliphatic carbocycles. The van der Waals surface area contributed by atoms with Crippen molar-refractivity contribution in [2.75, 3.05) is 6.61 Å². The Hall–Kier alpha value is -1.86. The van der Waals surface area contributed by atoms with Crippen LogP contribution in [0.15, 0.2) is 22.7 Å². The molecule has 2 aromatic rings. The van der Waals surface area contributed by atoms with Crippen LogP contribution in [0.1, 0.15) is 26.6 Å². The van der Waals surface area contributed by atoms with Crippen molar-refractivity contribution in [1.82, 2.24) is 10.1 Å². The van der Waals surface area contributed by atoms with Gasteiger partial charge < -0.3 is 15.0 Å². The van der Waals surface area contributed by atoms with Crippen LogP contribution in [0, 0.1) is 11.6 Å². The zero-order valence-corrected chi connectivity index (χ0v) is 12.1. The molecule has 0 bridgehead atoms. The molecule has 0 spiro atoms. The van der Waals surface area contributed by atoms with Gasteiger partial charge in [0.2, 0.25) is 0 Å². The van der Waals surface area contributed by atoms with Crippen LogP contribution in [-0.2, 0) is 10.3 Å². The summed E-state index contributed by atoms with van der Waals surface area (Å²) in [5.74, 6) is -1.67. The van der Waals surface area contributed by atoms with E-state index in [2.05, 4.69) is 10.1 Å². The highest BCUT2D eigenvalue weighted by Crippen LogP contribution is 2.26. The Kier molecular flexibility index (Phi) is 4.34. The highest BCUT2D eigenvalue weighted by atomic mass is 19.1. The van der Waals surface area contributed by atoms with Gasteiger partial charge in [0.1, 0.15) is 22.7 Å². The second kappa shape index (κ2) is 5.87. The van der Waals surface area contributed by atoms with E-state index >= 15 is 0 Å². The van der Waals surface area contributed by atoms with E-state index in [9.17, 15) is 8.78 Å². The summed E-state index contributed by atoms with van der Waals surface area (Å²) in [6.07, 6.45) is -0.0109. The number of benzene rings is 1. The van der Waals surface area contributed by atoms with E-state index in [1.165, 1.54) is 6.07 Å². The fourth-order valence-electron chi connectivity index (χ4n) is 1.66. The summed E-state index contributed by atoms with van der Waals surface area (Å²) in [6.45, 7) is 5.55. The molecule has 5 nitrogen and oxygen atoms in total. The summed E-state index contributed by atoms with van der Waals surface area (Å²) in [6, 6.07) is 3.49. The SMILES string of the molecule is CC(C)OCC(C)(N)c1noc(-c2c(F)cccc2F)n1. The van der Waals surface area contributed by atoms with Crippen LogP contribution in [0.2, 0.25) is 0 Å². The normalized spacial score (nSPS) is 14.4. The number of rotatable bonds is 5. The molecule has 2 rings (SSSR count). The first-order valence-electron chi connectivity index (χ1n) is 6.50. The molecule has 1 aromatic carbocycles. The van der Waals surface area contributed by atoms with Crippen molar-refractivity contribution in [1.29, 1.82) is 0 Å². The molecule has 1 atom stereocenters. The Morgan fingerprint density at radius 1 is 1.33 bits per heavy atom. The lowest BCUT2D eigenvalue weighted by Crippen LogP contribution is -2.40. The van der Waals surface area contributed by atoms with Crippen molar-refractivity contribution in [3.05, 3.63) is 35.7 Å². The number of aromatic nitrogens is 2. The molecule has 1 aromatic heterocycles. The maximum Gasteiger partial charge on any atom is 0.263 e. The third-order valence-electron chi connectivity index (χ3n) is 2.83. The summed E-state index contributed by atoms with van der Waals surface area (Å²) < 4.78 is 37.7. The zero-order valence-electron chi connectivity index (χ0n) is 12.1. The van der Waals surface area contributed by atoms with E-state index in [0.29, 0.717) is 0 Å². The number of halogens is 2. The van der Waals surface area contributed by atoms with Gasteiger partial charge in [-0.05, 0) is 32.9 Å². The minimum absolute atomic E-state index is 0.0109. The number of ether oxygens (including phenoxy) is 1. The molecule has 21 heavy (non-hydrogen) atoms. The van der Waals surface area contributed by atoms with E-state index in [0.717, 1.165) is 12.1 Å². The highest BCUT2D eigenvalue weighted by Gasteiger charge is 2.29. The van der Waals surface area contributed by atoms with Gasteiger partial charge in [0.05, 0.1) is 12.7 Å². The molecular formula is C14H17F2N3O2. The molecule has 2 N–H and O–H groups in total. The molecule has 0 radical (unpaired) electrons. The van der Waals surface area contributed by atoms with Gasteiger partial charge in [-0.3, -0.25) is 0 Å². The molecule has 0 fully saturated rings. The van der Waals surface area contributed by atoms with Crippen molar-refractivity contribution in [3.8, 4) is 11.5 Å². The predicted octanol–water partition coefficient (Wildman–Crippen LogP) is 2.61. The monoisotopic (exact) mass is 297 g/mol. The Labute approximate surface area is 121 Å². The van der Waals surface area contributed by atoms with Gasteiger partial charge in [0, 0.05) is 0 Å². The van der Waals surface area contributed by atoms with Gasteiger partial charge in [-0.2, -0.15) is 4.98 Å². The summed E-state index contributed by atoms with van der Waals surface area (Å²) in [5.41, 5.74) is 4.67. The van der Waals surface area contributed by atoms with Gasteiger partial charge in [-0.15, -0.1) is 0 Å². The van der Waals surface area contributed by atoms with Crippen molar-refractivity contribution in [2.24, 2.45) is 5.73 Å². The molecular weight excluding hydrogens is 280 g/mol. The summed E-state index contributed by atoms with van der Waals surface area (Å²) >= 11 is 0. The molecule has 7 heteroatoms. The van der Waals surface area contributed by atoms with E-state index in [1.54, 1.807) is 6.92 Å². The Bertz CT molecular complexity index is 606. The van der Waals surface area contributed by atoms with Crippen LogP contribution < -0.4 is 5.73 Å². The third-order valence-corrected chi connectivity index (χ3v) is 2.83. The van der Waals surface area contributed by atoms with Crippen LogP contribution >= 0.6 is 0 Å². The molecule has 0 amide bonds. The molecule has 114 valence electrons. The van der Waals surface area contributed by atoms with E-state index in [1.807, 2.05) is 13.8 Å². The quantitative estimate of drug-likeness (QED) is 0.918. The van der Waals surface area contributed by atoms with Crippen LogP contribution in [0.25, 0.3) is 11.5 Å². The molecule has 0 saturated carbocycles. The summed E-state index contributed by atoms with van der Waals surface area (Å²) in [5, 5.41) is 3.70. The molecule has 0 aliphatic rings. The van der Waals surface area contributed by atoms with Crippen molar-refractivity contribution < 1.29 is 18.0 Å². The second-order valence-electron chi connectivity index (χ2n) is 5.30. The van der Waals surface area contributed by atoms with Crippen LogP contribution in [-0.4, -0.2) is 22.9 Å². The number of nitrogens with two attached hydrogens (primary N) is 1. The van der Waals surface area contributed by atoms with Crippen LogP contribution in [0.4, 0.5) is 8.78 Å². The maximum atomic E-state index is 13.7. The first kappa shape index (κ1) is 15.5. The standard InChI is InChI=1S/C14H17F2N3O2/c1-8(2)20-7-14(3,17)13-18-12(21-19-13)11-9(15)5-4-6-10(11)16/h4-6,8H,7,17H2,1-3H3. The van der Waals surface area contributed by atoms with E-state index in [4.69, 9.17) is 15.0 Å². The maximum absolute atomic E-state index is 13.7. The second-order valence-corrected chi connectivity index (χ2v) is 5.30. The fraction of sp³-hybridized carbons (Fsp3) is 0.429. The lowest BCUT2D eigenvalue weighted by atomic mass is 10.1.